The van der Waals surface area contributed by atoms with Crippen LogP contribution >= 0.6 is 0 Å². The number of rotatable bonds is 0. The number of benzene rings is 1. The summed E-state index contributed by atoms with van der Waals surface area (Å²) in [4.78, 5) is 11.4. The maximum Gasteiger partial charge on any atom is 0.339 e. The zero-order chi connectivity index (χ0) is 11.9. The van der Waals surface area contributed by atoms with Crippen LogP contribution in [0.1, 0.15) is 31.9 Å². The average molecular weight is 216 g/mol. The van der Waals surface area contributed by atoms with Crippen LogP contribution in [0.15, 0.2) is 33.5 Å². The van der Waals surface area contributed by atoms with Gasteiger partial charge in [0, 0.05) is 10.9 Å². The number of aryl methyl sites for hydroxylation is 1. The van der Waals surface area contributed by atoms with Crippen molar-refractivity contribution in [2.45, 2.75) is 33.1 Å². The van der Waals surface area contributed by atoms with E-state index in [1.807, 2.05) is 18.2 Å². The van der Waals surface area contributed by atoms with Gasteiger partial charge in [-0.05, 0) is 30.0 Å². The van der Waals surface area contributed by atoms with Gasteiger partial charge in [0.25, 0.3) is 0 Å². The second-order valence-electron chi connectivity index (χ2n) is 5.22. The third-order valence-corrected chi connectivity index (χ3v) is 2.78. The van der Waals surface area contributed by atoms with Gasteiger partial charge in [-0.2, -0.15) is 0 Å². The van der Waals surface area contributed by atoms with Gasteiger partial charge in [0.15, 0.2) is 0 Å². The lowest BCUT2D eigenvalue weighted by atomic mass is 9.87. The van der Waals surface area contributed by atoms with Gasteiger partial charge < -0.3 is 4.42 Å². The molecule has 0 aliphatic rings. The number of hydrogen-bond donors (Lipinski definition) is 0. The molecule has 2 aromatic rings. The third-order valence-electron chi connectivity index (χ3n) is 2.78. The standard InChI is InChI=1S/C14H16O2/c1-9-7-10-5-6-11(14(2,3)4)8-12(10)16-13(9)15/h5-8H,1-4H3. The van der Waals surface area contributed by atoms with E-state index in [1.54, 1.807) is 6.92 Å². The normalized spacial score (nSPS) is 12.0. The molecule has 1 heterocycles. The Bertz CT molecular complexity index is 586. The lowest BCUT2D eigenvalue weighted by molar-refractivity contribution is 0.549. The van der Waals surface area contributed by atoms with Crippen LogP contribution < -0.4 is 5.63 Å². The zero-order valence-electron chi connectivity index (χ0n) is 10.1. The van der Waals surface area contributed by atoms with Crippen molar-refractivity contribution in [3.63, 3.8) is 0 Å². The monoisotopic (exact) mass is 216 g/mol. The molecule has 16 heavy (non-hydrogen) atoms. The molecule has 84 valence electrons. The van der Waals surface area contributed by atoms with Gasteiger partial charge in [-0.15, -0.1) is 0 Å². The fourth-order valence-electron chi connectivity index (χ4n) is 1.68. The summed E-state index contributed by atoms with van der Waals surface area (Å²) in [6, 6.07) is 7.91. The topological polar surface area (TPSA) is 30.2 Å². The Kier molecular flexibility index (Phi) is 2.38. The van der Waals surface area contributed by atoms with Gasteiger partial charge in [0.05, 0.1) is 0 Å². The fourth-order valence-corrected chi connectivity index (χ4v) is 1.68. The smallest absolute Gasteiger partial charge is 0.339 e. The van der Waals surface area contributed by atoms with E-state index in [0.29, 0.717) is 11.1 Å². The maximum absolute atomic E-state index is 11.4. The fraction of sp³-hybridized carbons (Fsp3) is 0.357. The van der Waals surface area contributed by atoms with Crippen LogP contribution in [0.2, 0.25) is 0 Å². The van der Waals surface area contributed by atoms with E-state index in [-0.39, 0.29) is 11.0 Å². The molecular formula is C14H16O2. The molecule has 1 aromatic carbocycles. The lowest BCUT2D eigenvalue weighted by Crippen LogP contribution is -2.11. The van der Waals surface area contributed by atoms with E-state index >= 15 is 0 Å². The first kappa shape index (κ1) is 10.9. The van der Waals surface area contributed by atoms with Crippen LogP contribution in [0, 0.1) is 6.92 Å². The van der Waals surface area contributed by atoms with Gasteiger partial charge >= 0.3 is 5.63 Å². The predicted octanol–water partition coefficient (Wildman–Crippen LogP) is 3.40. The molecule has 0 unspecified atom stereocenters. The molecule has 0 saturated carbocycles. The molecular weight excluding hydrogens is 200 g/mol. The molecule has 0 spiro atoms. The van der Waals surface area contributed by atoms with E-state index in [0.717, 1.165) is 5.39 Å². The van der Waals surface area contributed by atoms with Crippen LogP contribution in [0.25, 0.3) is 11.0 Å². The highest BCUT2D eigenvalue weighted by Gasteiger charge is 2.14. The molecule has 0 radical (unpaired) electrons. The highest BCUT2D eigenvalue weighted by Crippen LogP contribution is 2.25. The van der Waals surface area contributed by atoms with E-state index in [9.17, 15) is 4.79 Å². The number of hydrogen-bond acceptors (Lipinski definition) is 2. The van der Waals surface area contributed by atoms with Gasteiger partial charge in [-0.25, -0.2) is 4.79 Å². The van der Waals surface area contributed by atoms with Crippen molar-refractivity contribution in [2.75, 3.05) is 0 Å². The van der Waals surface area contributed by atoms with E-state index < -0.39 is 0 Å². The summed E-state index contributed by atoms with van der Waals surface area (Å²) >= 11 is 0. The molecule has 2 nitrogen and oxygen atoms in total. The lowest BCUT2D eigenvalue weighted by Gasteiger charge is -2.18. The first-order chi connectivity index (χ1) is 7.38. The van der Waals surface area contributed by atoms with Crippen LogP contribution in [0.4, 0.5) is 0 Å². The van der Waals surface area contributed by atoms with Crippen molar-refractivity contribution >= 4 is 11.0 Å². The summed E-state index contributed by atoms with van der Waals surface area (Å²) in [5, 5.41) is 0.977. The SMILES string of the molecule is Cc1cc2ccc(C(C)(C)C)cc2oc1=O. The van der Waals surface area contributed by atoms with Crippen molar-refractivity contribution in [1.29, 1.82) is 0 Å². The largest absolute Gasteiger partial charge is 0.423 e. The molecule has 1 aromatic heterocycles. The molecule has 0 atom stereocenters. The van der Waals surface area contributed by atoms with Crippen LogP contribution in [0.5, 0.6) is 0 Å². The minimum Gasteiger partial charge on any atom is -0.423 e. The molecule has 2 rings (SSSR count). The maximum atomic E-state index is 11.4. The number of fused-ring (bicyclic) bond motifs is 1. The van der Waals surface area contributed by atoms with Crippen molar-refractivity contribution in [3.8, 4) is 0 Å². The molecule has 0 saturated heterocycles. The van der Waals surface area contributed by atoms with Gasteiger partial charge in [-0.3, -0.25) is 0 Å². The molecule has 2 heteroatoms. The first-order valence-electron chi connectivity index (χ1n) is 5.43. The quantitative estimate of drug-likeness (QED) is 0.632. The molecule has 0 fully saturated rings. The summed E-state index contributed by atoms with van der Waals surface area (Å²) < 4.78 is 5.27. The Balaban J connectivity index is 2.72. The summed E-state index contributed by atoms with van der Waals surface area (Å²) in [5.41, 5.74) is 2.31. The van der Waals surface area contributed by atoms with Gasteiger partial charge in [0.2, 0.25) is 0 Å². The van der Waals surface area contributed by atoms with Crippen molar-refractivity contribution in [2.24, 2.45) is 0 Å². The third kappa shape index (κ3) is 1.87. The van der Waals surface area contributed by atoms with Crippen LogP contribution in [-0.2, 0) is 5.41 Å². The summed E-state index contributed by atoms with van der Waals surface area (Å²) in [6.45, 7) is 8.18. The Labute approximate surface area is 94.9 Å². The van der Waals surface area contributed by atoms with E-state index in [4.69, 9.17) is 4.42 Å². The zero-order valence-corrected chi connectivity index (χ0v) is 10.1. The van der Waals surface area contributed by atoms with Crippen LogP contribution in [-0.4, -0.2) is 0 Å². The summed E-state index contributed by atoms with van der Waals surface area (Å²) in [5.74, 6) is 0. The Morgan fingerprint density at radius 1 is 1.12 bits per heavy atom. The second-order valence-corrected chi connectivity index (χ2v) is 5.22. The Morgan fingerprint density at radius 2 is 1.81 bits per heavy atom. The minimum absolute atomic E-state index is 0.0671. The average Bonchev–Trinajstić information content (AvgIpc) is 2.17. The predicted molar refractivity (Wildman–Crippen MR) is 65.9 cm³/mol. The highest BCUT2D eigenvalue weighted by molar-refractivity contribution is 5.77. The first-order valence-corrected chi connectivity index (χ1v) is 5.43. The molecule has 0 amide bonds. The summed E-state index contributed by atoms with van der Waals surface area (Å²) in [7, 11) is 0. The molecule has 0 bridgehead atoms. The van der Waals surface area contributed by atoms with E-state index in [1.165, 1.54) is 5.56 Å². The Hall–Kier alpha value is -1.57. The van der Waals surface area contributed by atoms with Gasteiger partial charge in [0.1, 0.15) is 5.58 Å². The van der Waals surface area contributed by atoms with E-state index in [2.05, 4.69) is 26.8 Å². The Morgan fingerprint density at radius 3 is 2.44 bits per heavy atom. The minimum atomic E-state index is -0.251. The van der Waals surface area contributed by atoms with Crippen LogP contribution in [0.3, 0.4) is 0 Å². The molecule has 0 aliphatic heterocycles. The molecule has 0 aliphatic carbocycles. The van der Waals surface area contributed by atoms with Gasteiger partial charge in [-0.1, -0.05) is 32.9 Å². The second kappa shape index (κ2) is 3.48. The van der Waals surface area contributed by atoms with Crippen molar-refractivity contribution in [1.82, 2.24) is 0 Å². The van der Waals surface area contributed by atoms with Crippen molar-refractivity contribution in [3.05, 3.63) is 45.8 Å². The highest BCUT2D eigenvalue weighted by atomic mass is 16.4. The van der Waals surface area contributed by atoms with Crippen molar-refractivity contribution < 1.29 is 4.42 Å². The molecule has 0 N–H and O–H groups in total. The summed E-state index contributed by atoms with van der Waals surface area (Å²) in [6.07, 6.45) is 0.